The number of carbonyl (C=O) groups is 1. The lowest BCUT2D eigenvalue weighted by atomic mass is 9.90. The van der Waals surface area contributed by atoms with Crippen molar-refractivity contribution in [1.29, 1.82) is 0 Å². The summed E-state index contributed by atoms with van der Waals surface area (Å²) in [7, 11) is 3.20. The summed E-state index contributed by atoms with van der Waals surface area (Å²) in [5.41, 5.74) is 2.25. The number of halogens is 3. The lowest BCUT2D eigenvalue weighted by Gasteiger charge is -2.37. The van der Waals surface area contributed by atoms with Gasteiger partial charge in [0.15, 0.2) is 11.5 Å². The first-order valence-electron chi connectivity index (χ1n) is 11.1. The summed E-state index contributed by atoms with van der Waals surface area (Å²) >= 11 is 1.60. The summed E-state index contributed by atoms with van der Waals surface area (Å²) in [6.07, 6.45) is -3.02. The van der Waals surface area contributed by atoms with Crippen LogP contribution in [0.15, 0.2) is 53.9 Å². The van der Waals surface area contributed by atoms with Crippen molar-refractivity contribution in [3.05, 3.63) is 81.0 Å². The molecule has 5 rings (SSSR count). The second-order valence-electron chi connectivity index (χ2n) is 8.67. The van der Waals surface area contributed by atoms with Crippen molar-refractivity contribution in [2.75, 3.05) is 20.8 Å². The molecule has 0 bridgehead atoms. The molecule has 0 radical (unpaired) electrons. The van der Waals surface area contributed by atoms with Gasteiger partial charge < -0.3 is 14.4 Å². The van der Waals surface area contributed by atoms with Gasteiger partial charge in [-0.15, -0.1) is 11.3 Å². The molecule has 0 saturated heterocycles. The van der Waals surface area contributed by atoms with Crippen LogP contribution in [0, 0.1) is 5.92 Å². The van der Waals surface area contributed by atoms with Crippen LogP contribution in [0.5, 0.6) is 11.5 Å². The molecule has 178 valence electrons. The Kier molecular flexibility index (Phi) is 5.80. The van der Waals surface area contributed by atoms with Crippen molar-refractivity contribution in [2.45, 2.75) is 31.0 Å². The first kappa shape index (κ1) is 22.8. The molecule has 4 nitrogen and oxygen atoms in total. The summed E-state index contributed by atoms with van der Waals surface area (Å²) in [5.74, 6) is 1.05. The third-order valence-corrected chi connectivity index (χ3v) is 7.67. The Morgan fingerprint density at radius 1 is 1.06 bits per heavy atom. The van der Waals surface area contributed by atoms with E-state index in [1.165, 1.54) is 12.1 Å². The predicted molar refractivity (Wildman–Crippen MR) is 123 cm³/mol. The molecule has 8 heteroatoms. The van der Waals surface area contributed by atoms with Gasteiger partial charge in [-0.2, -0.15) is 13.2 Å². The Balaban J connectivity index is 1.43. The molecule has 3 aromatic rings. The van der Waals surface area contributed by atoms with Crippen LogP contribution >= 0.6 is 11.3 Å². The summed E-state index contributed by atoms with van der Waals surface area (Å²) in [5, 5.41) is 2.00. The second-order valence-corrected chi connectivity index (χ2v) is 9.65. The average Bonchev–Trinajstić information content (AvgIpc) is 3.46. The van der Waals surface area contributed by atoms with Gasteiger partial charge in [0.2, 0.25) is 5.91 Å². The normalized spacial score (nSPS) is 21.7. The van der Waals surface area contributed by atoms with E-state index < -0.39 is 11.7 Å². The number of nitrogens with zero attached hydrogens (tertiary/aromatic N) is 1. The fourth-order valence-electron chi connectivity index (χ4n) is 4.91. The van der Waals surface area contributed by atoms with Crippen molar-refractivity contribution in [3.63, 3.8) is 0 Å². The van der Waals surface area contributed by atoms with Crippen LogP contribution in [0.1, 0.15) is 45.5 Å². The number of hydrogen-bond donors (Lipinski definition) is 0. The number of fused-ring (bicyclic) bond motifs is 1. The quantitative estimate of drug-likeness (QED) is 0.439. The number of thiophene rings is 1. The van der Waals surface area contributed by atoms with Gasteiger partial charge >= 0.3 is 6.18 Å². The number of hydrogen-bond acceptors (Lipinski definition) is 4. The van der Waals surface area contributed by atoms with E-state index in [0.29, 0.717) is 30.9 Å². The topological polar surface area (TPSA) is 38.8 Å². The Morgan fingerprint density at radius 2 is 1.76 bits per heavy atom. The molecule has 0 N–H and O–H groups in total. The molecule has 1 fully saturated rings. The van der Waals surface area contributed by atoms with E-state index in [1.807, 2.05) is 34.5 Å². The summed E-state index contributed by atoms with van der Waals surface area (Å²) in [4.78, 5) is 16.6. The van der Waals surface area contributed by atoms with Crippen LogP contribution in [0.25, 0.3) is 0 Å². The molecule has 2 heterocycles. The van der Waals surface area contributed by atoms with Gasteiger partial charge in [-0.1, -0.05) is 18.2 Å². The van der Waals surface area contributed by atoms with Crippen LogP contribution in [0.3, 0.4) is 0 Å². The van der Waals surface area contributed by atoms with E-state index in [-0.39, 0.29) is 23.8 Å². The molecule has 1 amide bonds. The van der Waals surface area contributed by atoms with Crippen molar-refractivity contribution in [2.24, 2.45) is 5.92 Å². The van der Waals surface area contributed by atoms with E-state index >= 15 is 0 Å². The molecule has 1 aliphatic carbocycles. The van der Waals surface area contributed by atoms with E-state index in [9.17, 15) is 18.0 Å². The Bertz CT molecular complexity index is 1190. The zero-order valence-electron chi connectivity index (χ0n) is 18.8. The zero-order chi connectivity index (χ0) is 24.0. The highest BCUT2D eigenvalue weighted by atomic mass is 32.1. The number of amides is 1. The highest BCUT2D eigenvalue weighted by Crippen LogP contribution is 2.51. The van der Waals surface area contributed by atoms with Crippen LogP contribution in [0.4, 0.5) is 13.2 Å². The number of alkyl halides is 3. The summed E-state index contributed by atoms with van der Waals surface area (Å²) in [6, 6.07) is 12.9. The maximum Gasteiger partial charge on any atom is 0.416 e. The van der Waals surface area contributed by atoms with Crippen molar-refractivity contribution in [3.8, 4) is 11.5 Å². The standard InChI is InChI=1S/C26H24F3NO3S/c1-32-21-12-16-9-10-30(24(23-4-3-11-34-23)19(16)14-22(21)33-2)25(31)20-13-18(20)15-5-7-17(8-6-15)26(27,28)29/h3-8,11-12,14,18,20,24H,9-10,13H2,1-2H3. The Morgan fingerprint density at radius 3 is 2.38 bits per heavy atom. The second kappa shape index (κ2) is 8.65. The lowest BCUT2D eigenvalue weighted by molar-refractivity contribution is -0.137. The van der Waals surface area contributed by atoms with Crippen LogP contribution in [0.2, 0.25) is 0 Å². The molecule has 3 atom stereocenters. The monoisotopic (exact) mass is 487 g/mol. The first-order valence-corrected chi connectivity index (χ1v) is 12.0. The number of rotatable bonds is 5. The molecular formula is C26H24F3NO3S. The van der Waals surface area contributed by atoms with Gasteiger partial charge in [0.25, 0.3) is 0 Å². The van der Waals surface area contributed by atoms with E-state index in [4.69, 9.17) is 9.47 Å². The fraction of sp³-hybridized carbons (Fsp3) is 0.346. The van der Waals surface area contributed by atoms with Crippen molar-refractivity contribution in [1.82, 2.24) is 4.90 Å². The molecule has 1 saturated carbocycles. The molecule has 1 aromatic heterocycles. The molecular weight excluding hydrogens is 463 g/mol. The van der Waals surface area contributed by atoms with Gasteiger partial charge in [-0.05, 0) is 71.2 Å². The Labute approximate surface area is 199 Å². The molecule has 34 heavy (non-hydrogen) atoms. The highest BCUT2D eigenvalue weighted by molar-refractivity contribution is 7.10. The average molecular weight is 488 g/mol. The van der Waals surface area contributed by atoms with E-state index in [2.05, 4.69) is 0 Å². The number of carbonyl (C=O) groups excluding carboxylic acids is 1. The first-order chi connectivity index (χ1) is 16.3. The SMILES string of the molecule is COc1cc2c(cc1OC)C(c1cccs1)N(C(=O)C1CC1c1ccc(C(F)(F)F)cc1)CC2. The van der Waals surface area contributed by atoms with Gasteiger partial charge in [-0.3, -0.25) is 4.79 Å². The fourth-order valence-corrected chi connectivity index (χ4v) is 5.76. The van der Waals surface area contributed by atoms with Crippen LogP contribution < -0.4 is 9.47 Å². The van der Waals surface area contributed by atoms with Crippen molar-refractivity contribution >= 4 is 17.2 Å². The minimum absolute atomic E-state index is 0.0451. The minimum atomic E-state index is -4.36. The van der Waals surface area contributed by atoms with Crippen LogP contribution in [-0.2, 0) is 17.4 Å². The summed E-state index contributed by atoms with van der Waals surface area (Å²) in [6.45, 7) is 0.570. The number of benzene rings is 2. The molecule has 0 spiro atoms. The number of methoxy groups -OCH3 is 2. The molecule has 2 aliphatic rings. The van der Waals surface area contributed by atoms with E-state index in [1.54, 1.807) is 25.6 Å². The third kappa shape index (κ3) is 4.04. The van der Waals surface area contributed by atoms with Gasteiger partial charge in [0.1, 0.15) is 0 Å². The largest absolute Gasteiger partial charge is 0.493 e. The van der Waals surface area contributed by atoms with Crippen LogP contribution in [-0.4, -0.2) is 31.6 Å². The zero-order valence-corrected chi connectivity index (χ0v) is 19.6. The highest BCUT2D eigenvalue weighted by Gasteiger charge is 2.48. The lowest BCUT2D eigenvalue weighted by Crippen LogP contribution is -2.41. The Hall–Kier alpha value is -3.00. The maximum absolute atomic E-state index is 13.7. The maximum atomic E-state index is 13.7. The summed E-state index contributed by atoms with van der Waals surface area (Å²) < 4.78 is 49.7. The predicted octanol–water partition coefficient (Wildman–Crippen LogP) is 6.06. The third-order valence-electron chi connectivity index (χ3n) is 6.74. The van der Waals surface area contributed by atoms with Gasteiger partial charge in [-0.25, -0.2) is 0 Å². The molecule has 1 aliphatic heterocycles. The number of ether oxygens (including phenoxy) is 2. The molecule has 3 unspecified atom stereocenters. The van der Waals surface area contributed by atoms with E-state index in [0.717, 1.165) is 33.7 Å². The van der Waals surface area contributed by atoms with Gasteiger partial charge in [0, 0.05) is 17.3 Å². The smallest absolute Gasteiger partial charge is 0.416 e. The molecule has 2 aromatic carbocycles. The van der Waals surface area contributed by atoms with Crippen molar-refractivity contribution < 1.29 is 27.4 Å². The van der Waals surface area contributed by atoms with Gasteiger partial charge in [0.05, 0.1) is 25.8 Å². The minimum Gasteiger partial charge on any atom is -0.493 e.